The Morgan fingerprint density at radius 1 is 0.839 bits per heavy atom. The lowest BCUT2D eigenvalue weighted by molar-refractivity contribution is -0.138. The number of rotatable bonds is 5. The molecule has 5 nitrogen and oxygen atoms in total. The van der Waals surface area contributed by atoms with Crippen molar-refractivity contribution in [2.75, 3.05) is 26.2 Å². The molecule has 0 aromatic heterocycles. The van der Waals surface area contributed by atoms with Crippen molar-refractivity contribution in [2.45, 2.75) is 39.2 Å². The summed E-state index contributed by atoms with van der Waals surface area (Å²) in [5.74, 6) is 1.88. The number of carbonyl (C=O) groups excluding carboxylic acids is 2. The van der Waals surface area contributed by atoms with Gasteiger partial charge in [-0.3, -0.25) is 9.59 Å². The topological polar surface area (TPSA) is 49.9 Å². The second kappa shape index (κ2) is 9.99. The number of para-hydroxylation sites is 1. The quantitative estimate of drug-likeness (QED) is 0.721. The molecule has 0 saturated carbocycles. The number of hydrogen-bond acceptors (Lipinski definition) is 3. The molecule has 164 valence electrons. The van der Waals surface area contributed by atoms with Crippen LogP contribution in [0.25, 0.3) is 0 Å². The maximum atomic E-state index is 13.2. The molecule has 4 rings (SSSR count). The summed E-state index contributed by atoms with van der Waals surface area (Å²) in [6, 6.07) is 17.3. The second-order valence-electron chi connectivity index (χ2n) is 8.83. The van der Waals surface area contributed by atoms with Crippen molar-refractivity contribution in [3.8, 4) is 5.75 Å². The van der Waals surface area contributed by atoms with Gasteiger partial charge in [-0.05, 0) is 49.8 Å². The number of ether oxygens (including phenoxy) is 1. The first-order chi connectivity index (χ1) is 15.1. The van der Waals surface area contributed by atoms with Crippen molar-refractivity contribution < 1.29 is 14.3 Å². The van der Waals surface area contributed by atoms with Gasteiger partial charge in [0, 0.05) is 43.2 Å². The van der Waals surface area contributed by atoms with Crippen LogP contribution in [0, 0.1) is 11.8 Å². The fourth-order valence-corrected chi connectivity index (χ4v) is 4.52. The number of benzene rings is 2. The van der Waals surface area contributed by atoms with Crippen LogP contribution in [0.5, 0.6) is 5.75 Å². The van der Waals surface area contributed by atoms with E-state index in [-0.39, 0.29) is 17.7 Å². The Balaban J connectivity index is 1.34. The van der Waals surface area contributed by atoms with Gasteiger partial charge in [0.15, 0.2) is 0 Å². The van der Waals surface area contributed by atoms with Gasteiger partial charge >= 0.3 is 0 Å². The molecule has 2 saturated heterocycles. The fourth-order valence-electron chi connectivity index (χ4n) is 4.52. The molecule has 0 N–H and O–H groups in total. The summed E-state index contributed by atoms with van der Waals surface area (Å²) >= 11 is 0. The molecule has 2 heterocycles. The maximum Gasteiger partial charge on any atom is 0.254 e. The Kier molecular flexibility index (Phi) is 6.90. The van der Waals surface area contributed by atoms with Gasteiger partial charge in [-0.15, -0.1) is 0 Å². The van der Waals surface area contributed by atoms with E-state index in [9.17, 15) is 9.59 Å². The van der Waals surface area contributed by atoms with Crippen LogP contribution in [-0.4, -0.2) is 47.8 Å². The number of piperidine rings is 2. The van der Waals surface area contributed by atoms with Crippen LogP contribution in [0.2, 0.25) is 0 Å². The SMILES string of the molecule is CC1CCN(C(=O)C2CCN(C(=O)c3ccccc3COc3ccccc3)CC2)CC1. The highest BCUT2D eigenvalue weighted by atomic mass is 16.5. The van der Waals surface area contributed by atoms with Crippen LogP contribution in [0.4, 0.5) is 0 Å². The summed E-state index contributed by atoms with van der Waals surface area (Å²) < 4.78 is 5.87. The monoisotopic (exact) mass is 420 g/mol. The van der Waals surface area contributed by atoms with Gasteiger partial charge in [-0.25, -0.2) is 0 Å². The Hall–Kier alpha value is -2.82. The predicted octanol–water partition coefficient (Wildman–Crippen LogP) is 4.38. The first-order valence-electron chi connectivity index (χ1n) is 11.5. The summed E-state index contributed by atoms with van der Waals surface area (Å²) in [6.45, 7) is 5.64. The van der Waals surface area contributed by atoms with Crippen LogP contribution in [0.3, 0.4) is 0 Å². The van der Waals surface area contributed by atoms with Gasteiger partial charge in [-0.1, -0.05) is 43.3 Å². The van der Waals surface area contributed by atoms with Gasteiger partial charge in [0.2, 0.25) is 5.91 Å². The zero-order chi connectivity index (χ0) is 21.6. The Morgan fingerprint density at radius 3 is 2.16 bits per heavy atom. The third kappa shape index (κ3) is 5.27. The Bertz CT molecular complexity index is 883. The molecule has 0 radical (unpaired) electrons. The van der Waals surface area contributed by atoms with Crippen LogP contribution < -0.4 is 4.74 Å². The molecule has 0 bridgehead atoms. The van der Waals surface area contributed by atoms with E-state index in [4.69, 9.17) is 4.74 Å². The zero-order valence-corrected chi connectivity index (χ0v) is 18.3. The van der Waals surface area contributed by atoms with E-state index in [1.807, 2.05) is 64.4 Å². The van der Waals surface area contributed by atoms with Gasteiger partial charge in [-0.2, -0.15) is 0 Å². The smallest absolute Gasteiger partial charge is 0.254 e. The Labute approximate surface area is 185 Å². The van der Waals surface area contributed by atoms with Crippen LogP contribution in [0.15, 0.2) is 54.6 Å². The molecule has 5 heteroatoms. The van der Waals surface area contributed by atoms with Gasteiger partial charge in [0.25, 0.3) is 5.91 Å². The van der Waals surface area contributed by atoms with Crippen molar-refractivity contribution in [2.24, 2.45) is 11.8 Å². The summed E-state index contributed by atoms with van der Waals surface area (Å²) in [7, 11) is 0. The van der Waals surface area contributed by atoms with Crippen molar-refractivity contribution in [1.82, 2.24) is 9.80 Å². The minimum Gasteiger partial charge on any atom is -0.489 e. The molecule has 0 aliphatic carbocycles. The van der Waals surface area contributed by atoms with E-state index in [0.717, 1.165) is 56.0 Å². The number of amides is 2. The number of nitrogens with zero attached hydrogens (tertiary/aromatic N) is 2. The lowest BCUT2D eigenvalue weighted by Crippen LogP contribution is -2.46. The number of carbonyl (C=O) groups is 2. The Morgan fingerprint density at radius 2 is 1.45 bits per heavy atom. The average Bonchev–Trinajstić information content (AvgIpc) is 2.83. The molecular formula is C26H32N2O3. The van der Waals surface area contributed by atoms with Crippen molar-refractivity contribution >= 4 is 11.8 Å². The lowest BCUT2D eigenvalue weighted by atomic mass is 9.92. The van der Waals surface area contributed by atoms with Crippen LogP contribution in [-0.2, 0) is 11.4 Å². The standard InChI is InChI=1S/C26H32N2O3/c1-20-11-15-27(16-12-20)25(29)21-13-17-28(18-14-21)26(30)24-10-6-5-7-22(24)19-31-23-8-3-2-4-9-23/h2-10,20-21H,11-19H2,1H3. The van der Waals surface area contributed by atoms with Gasteiger partial charge < -0.3 is 14.5 Å². The van der Waals surface area contributed by atoms with Crippen molar-refractivity contribution in [3.05, 3.63) is 65.7 Å². The first-order valence-corrected chi connectivity index (χ1v) is 11.5. The van der Waals surface area contributed by atoms with Gasteiger partial charge in [0.1, 0.15) is 12.4 Å². The van der Waals surface area contributed by atoms with E-state index in [0.29, 0.717) is 25.3 Å². The molecule has 0 unspecified atom stereocenters. The summed E-state index contributed by atoms with van der Waals surface area (Å²) in [5.41, 5.74) is 1.57. The molecule has 2 aromatic carbocycles. The highest BCUT2D eigenvalue weighted by Gasteiger charge is 2.32. The van der Waals surface area contributed by atoms with E-state index in [1.54, 1.807) is 0 Å². The second-order valence-corrected chi connectivity index (χ2v) is 8.83. The summed E-state index contributed by atoms with van der Waals surface area (Å²) in [5, 5.41) is 0. The van der Waals surface area contributed by atoms with Crippen LogP contribution >= 0.6 is 0 Å². The zero-order valence-electron chi connectivity index (χ0n) is 18.3. The lowest BCUT2D eigenvalue weighted by Gasteiger charge is -2.37. The third-order valence-electron chi connectivity index (χ3n) is 6.61. The van der Waals surface area contributed by atoms with Crippen LogP contribution in [0.1, 0.15) is 48.5 Å². The normalized spacial score (nSPS) is 18.1. The highest BCUT2D eigenvalue weighted by Crippen LogP contribution is 2.25. The predicted molar refractivity (Wildman–Crippen MR) is 121 cm³/mol. The first kappa shape index (κ1) is 21.4. The highest BCUT2D eigenvalue weighted by molar-refractivity contribution is 5.96. The summed E-state index contributed by atoms with van der Waals surface area (Å²) in [4.78, 5) is 30.0. The molecule has 2 amide bonds. The van der Waals surface area contributed by atoms with E-state index >= 15 is 0 Å². The minimum atomic E-state index is 0.0324. The van der Waals surface area contributed by atoms with E-state index < -0.39 is 0 Å². The van der Waals surface area contributed by atoms with E-state index in [1.165, 1.54) is 0 Å². The van der Waals surface area contributed by atoms with Crippen molar-refractivity contribution in [1.29, 1.82) is 0 Å². The maximum absolute atomic E-state index is 13.2. The molecule has 31 heavy (non-hydrogen) atoms. The average molecular weight is 421 g/mol. The number of likely N-dealkylation sites (tertiary alicyclic amines) is 2. The molecule has 2 fully saturated rings. The molecule has 2 aliphatic heterocycles. The van der Waals surface area contributed by atoms with Gasteiger partial charge in [0.05, 0.1) is 0 Å². The molecule has 2 aliphatic rings. The molecular weight excluding hydrogens is 388 g/mol. The minimum absolute atomic E-state index is 0.0324. The molecule has 2 aromatic rings. The van der Waals surface area contributed by atoms with E-state index in [2.05, 4.69) is 6.92 Å². The fraction of sp³-hybridized carbons (Fsp3) is 0.462. The molecule has 0 spiro atoms. The number of hydrogen-bond donors (Lipinski definition) is 0. The molecule has 0 atom stereocenters. The summed E-state index contributed by atoms with van der Waals surface area (Å²) in [6.07, 6.45) is 3.70. The third-order valence-corrected chi connectivity index (χ3v) is 6.61. The largest absolute Gasteiger partial charge is 0.489 e. The van der Waals surface area contributed by atoms with Crippen molar-refractivity contribution in [3.63, 3.8) is 0 Å².